The standard InChI is InChI=1S/C15H15BrN2O2/c1-9-2-5-14(12(16)6-9)20-8-11-4-3-10(15(18)19)7-13(11)17/h2-7H,8,17H2,1H3,(H2,18,19). The Labute approximate surface area is 125 Å². The molecule has 0 aliphatic carbocycles. The van der Waals surface area contributed by atoms with Crippen LogP contribution in [0, 0.1) is 6.92 Å². The van der Waals surface area contributed by atoms with Crippen LogP contribution in [-0.4, -0.2) is 5.91 Å². The van der Waals surface area contributed by atoms with E-state index in [1.807, 2.05) is 25.1 Å². The maximum atomic E-state index is 11.0. The first-order valence-electron chi connectivity index (χ1n) is 6.04. The van der Waals surface area contributed by atoms with Crippen LogP contribution in [0.2, 0.25) is 0 Å². The number of carbonyl (C=O) groups is 1. The summed E-state index contributed by atoms with van der Waals surface area (Å²) in [6, 6.07) is 10.8. The molecule has 0 heterocycles. The number of carbonyl (C=O) groups excluding carboxylic acids is 1. The zero-order chi connectivity index (χ0) is 14.7. The van der Waals surface area contributed by atoms with E-state index in [4.69, 9.17) is 16.2 Å². The molecular weight excluding hydrogens is 320 g/mol. The van der Waals surface area contributed by atoms with Gasteiger partial charge in [0.2, 0.25) is 5.91 Å². The van der Waals surface area contributed by atoms with Gasteiger partial charge < -0.3 is 16.2 Å². The maximum Gasteiger partial charge on any atom is 0.248 e. The highest BCUT2D eigenvalue weighted by Crippen LogP contribution is 2.27. The highest BCUT2D eigenvalue weighted by Gasteiger charge is 2.07. The molecule has 2 aromatic carbocycles. The fourth-order valence-electron chi connectivity index (χ4n) is 1.76. The quantitative estimate of drug-likeness (QED) is 0.843. The Kier molecular flexibility index (Phi) is 4.29. The van der Waals surface area contributed by atoms with Gasteiger partial charge in [0.05, 0.1) is 4.47 Å². The van der Waals surface area contributed by atoms with Gasteiger partial charge in [-0.15, -0.1) is 0 Å². The Morgan fingerprint density at radius 2 is 2.00 bits per heavy atom. The third-order valence-corrected chi connectivity index (χ3v) is 3.52. The minimum absolute atomic E-state index is 0.326. The molecule has 0 aliphatic rings. The molecule has 5 heteroatoms. The Hall–Kier alpha value is -2.01. The lowest BCUT2D eigenvalue weighted by atomic mass is 10.1. The van der Waals surface area contributed by atoms with E-state index >= 15 is 0 Å². The first kappa shape index (κ1) is 14.4. The molecule has 0 unspecified atom stereocenters. The van der Waals surface area contributed by atoms with Crippen LogP contribution in [0.25, 0.3) is 0 Å². The van der Waals surface area contributed by atoms with E-state index in [1.54, 1.807) is 18.2 Å². The monoisotopic (exact) mass is 334 g/mol. The number of nitrogens with two attached hydrogens (primary N) is 2. The van der Waals surface area contributed by atoms with E-state index < -0.39 is 5.91 Å². The highest BCUT2D eigenvalue weighted by atomic mass is 79.9. The first-order chi connectivity index (χ1) is 9.47. The minimum atomic E-state index is -0.495. The predicted molar refractivity (Wildman–Crippen MR) is 82.6 cm³/mol. The van der Waals surface area contributed by atoms with E-state index in [9.17, 15) is 4.79 Å². The summed E-state index contributed by atoms with van der Waals surface area (Å²) in [7, 11) is 0. The third-order valence-electron chi connectivity index (χ3n) is 2.90. The van der Waals surface area contributed by atoms with Gasteiger partial charge in [-0.2, -0.15) is 0 Å². The number of ether oxygens (including phenoxy) is 1. The fourth-order valence-corrected chi connectivity index (χ4v) is 2.37. The van der Waals surface area contributed by atoms with Crippen LogP contribution in [0.5, 0.6) is 5.75 Å². The lowest BCUT2D eigenvalue weighted by molar-refractivity contribution is 0.100. The normalized spacial score (nSPS) is 10.3. The molecule has 0 bridgehead atoms. The van der Waals surface area contributed by atoms with Crippen LogP contribution in [0.3, 0.4) is 0 Å². The SMILES string of the molecule is Cc1ccc(OCc2ccc(C(N)=O)cc2N)c(Br)c1. The Bertz CT molecular complexity index is 656. The van der Waals surface area contributed by atoms with Gasteiger partial charge in [-0.25, -0.2) is 0 Å². The number of nitrogen functional groups attached to an aromatic ring is 1. The second-order valence-corrected chi connectivity index (χ2v) is 5.35. The van der Waals surface area contributed by atoms with Crippen LogP contribution >= 0.6 is 15.9 Å². The maximum absolute atomic E-state index is 11.0. The first-order valence-corrected chi connectivity index (χ1v) is 6.84. The van der Waals surface area contributed by atoms with Crippen molar-refractivity contribution >= 4 is 27.5 Å². The summed E-state index contributed by atoms with van der Waals surface area (Å²) in [6.45, 7) is 2.33. The van der Waals surface area contributed by atoms with Crippen molar-refractivity contribution in [2.45, 2.75) is 13.5 Å². The summed E-state index contributed by atoms with van der Waals surface area (Å²) in [5, 5.41) is 0. The molecule has 1 amide bonds. The second-order valence-electron chi connectivity index (χ2n) is 4.50. The van der Waals surface area contributed by atoms with Crippen LogP contribution in [0.4, 0.5) is 5.69 Å². The van der Waals surface area contributed by atoms with Gasteiger partial charge in [-0.1, -0.05) is 12.1 Å². The molecule has 0 fully saturated rings. The van der Waals surface area contributed by atoms with Gasteiger partial charge in [-0.05, 0) is 52.7 Å². The number of amides is 1. The van der Waals surface area contributed by atoms with E-state index in [2.05, 4.69) is 15.9 Å². The summed E-state index contributed by atoms with van der Waals surface area (Å²) >= 11 is 3.45. The number of anilines is 1. The van der Waals surface area contributed by atoms with E-state index in [-0.39, 0.29) is 0 Å². The van der Waals surface area contributed by atoms with Crippen molar-refractivity contribution in [1.29, 1.82) is 0 Å². The van der Waals surface area contributed by atoms with Crippen LogP contribution in [-0.2, 0) is 6.61 Å². The van der Waals surface area contributed by atoms with Gasteiger partial charge >= 0.3 is 0 Å². The van der Waals surface area contributed by atoms with Crippen molar-refractivity contribution < 1.29 is 9.53 Å². The number of benzene rings is 2. The number of primary amides is 1. The summed E-state index contributed by atoms with van der Waals surface area (Å²) < 4.78 is 6.61. The summed E-state index contributed by atoms with van der Waals surface area (Å²) in [5.74, 6) is 0.249. The van der Waals surface area contributed by atoms with Crippen molar-refractivity contribution in [3.8, 4) is 5.75 Å². The molecule has 0 saturated heterocycles. The van der Waals surface area contributed by atoms with Crippen molar-refractivity contribution in [3.05, 3.63) is 57.6 Å². The summed E-state index contributed by atoms with van der Waals surface area (Å²) in [5.41, 5.74) is 13.9. The molecule has 104 valence electrons. The Morgan fingerprint density at radius 1 is 1.25 bits per heavy atom. The van der Waals surface area contributed by atoms with Crippen molar-refractivity contribution in [3.63, 3.8) is 0 Å². The Morgan fingerprint density at radius 3 is 2.60 bits per heavy atom. The number of hydrogen-bond acceptors (Lipinski definition) is 3. The lowest BCUT2D eigenvalue weighted by Crippen LogP contribution is -2.12. The molecule has 0 radical (unpaired) electrons. The van der Waals surface area contributed by atoms with Crippen molar-refractivity contribution in [2.75, 3.05) is 5.73 Å². The van der Waals surface area contributed by atoms with Crippen LogP contribution < -0.4 is 16.2 Å². The van der Waals surface area contributed by atoms with Crippen LogP contribution in [0.1, 0.15) is 21.5 Å². The fraction of sp³-hybridized carbons (Fsp3) is 0.133. The van der Waals surface area contributed by atoms with Gasteiger partial charge in [0.15, 0.2) is 0 Å². The summed E-state index contributed by atoms with van der Waals surface area (Å²) in [6.07, 6.45) is 0. The van der Waals surface area contributed by atoms with Crippen molar-refractivity contribution in [1.82, 2.24) is 0 Å². The zero-order valence-electron chi connectivity index (χ0n) is 11.0. The minimum Gasteiger partial charge on any atom is -0.488 e. The second kappa shape index (κ2) is 5.96. The number of hydrogen-bond donors (Lipinski definition) is 2. The third kappa shape index (κ3) is 3.30. The number of halogens is 1. The van der Waals surface area contributed by atoms with Gasteiger partial charge in [-0.3, -0.25) is 4.79 Å². The zero-order valence-corrected chi connectivity index (χ0v) is 12.6. The highest BCUT2D eigenvalue weighted by molar-refractivity contribution is 9.10. The van der Waals surface area contributed by atoms with Crippen molar-refractivity contribution in [2.24, 2.45) is 5.73 Å². The summed E-state index contributed by atoms with van der Waals surface area (Å²) in [4.78, 5) is 11.0. The van der Waals surface area contributed by atoms with Gasteiger partial charge in [0.25, 0.3) is 0 Å². The molecule has 20 heavy (non-hydrogen) atoms. The molecule has 0 spiro atoms. The molecule has 0 aromatic heterocycles. The topological polar surface area (TPSA) is 78.3 Å². The largest absolute Gasteiger partial charge is 0.488 e. The van der Waals surface area contributed by atoms with Crippen LogP contribution in [0.15, 0.2) is 40.9 Å². The predicted octanol–water partition coefficient (Wildman–Crippen LogP) is 3.02. The Balaban J connectivity index is 2.13. The van der Waals surface area contributed by atoms with Gasteiger partial charge in [0.1, 0.15) is 12.4 Å². The average molecular weight is 335 g/mol. The molecule has 2 rings (SSSR count). The van der Waals surface area contributed by atoms with E-state index in [0.29, 0.717) is 17.9 Å². The molecule has 2 aromatic rings. The van der Waals surface area contributed by atoms with E-state index in [1.165, 1.54) is 0 Å². The molecule has 0 saturated carbocycles. The molecule has 0 aliphatic heterocycles. The number of aryl methyl sites for hydroxylation is 1. The smallest absolute Gasteiger partial charge is 0.248 e. The number of rotatable bonds is 4. The molecule has 4 nitrogen and oxygen atoms in total. The van der Waals surface area contributed by atoms with Gasteiger partial charge in [0, 0.05) is 16.8 Å². The molecule has 4 N–H and O–H groups in total. The van der Waals surface area contributed by atoms with E-state index in [0.717, 1.165) is 21.3 Å². The lowest BCUT2D eigenvalue weighted by Gasteiger charge is -2.11. The average Bonchev–Trinajstić information content (AvgIpc) is 2.38. The molecule has 0 atom stereocenters. The molecular formula is C15H15BrN2O2.